The third kappa shape index (κ3) is 2.80. The first-order chi connectivity index (χ1) is 8.43. The normalized spacial score (nSPS) is 22.9. The van der Waals surface area contributed by atoms with Gasteiger partial charge in [-0.3, -0.25) is 0 Å². The average Bonchev–Trinajstić information content (AvgIpc) is 2.49. The van der Waals surface area contributed by atoms with Gasteiger partial charge in [0.25, 0.3) is 0 Å². The Morgan fingerprint density at radius 3 is 2.78 bits per heavy atom. The molecule has 4 nitrogen and oxygen atoms in total. The Balaban J connectivity index is 2.38. The van der Waals surface area contributed by atoms with Crippen molar-refractivity contribution in [3.8, 4) is 0 Å². The third-order valence-corrected chi connectivity index (χ3v) is 6.91. The smallest absolute Gasteiger partial charge is 0.245 e. The van der Waals surface area contributed by atoms with Gasteiger partial charge in [-0.05, 0) is 41.8 Å². The van der Waals surface area contributed by atoms with E-state index in [0.29, 0.717) is 11.4 Å². The minimum absolute atomic E-state index is 0.386. The van der Waals surface area contributed by atoms with Crippen LogP contribution in [0.3, 0.4) is 0 Å². The van der Waals surface area contributed by atoms with Crippen LogP contribution in [0.2, 0.25) is 0 Å². The Hall–Kier alpha value is 0.0500. The first-order valence-corrected chi connectivity index (χ1v) is 9.01. The van der Waals surface area contributed by atoms with Crippen molar-refractivity contribution >= 4 is 37.3 Å². The van der Waals surface area contributed by atoms with E-state index in [9.17, 15) is 8.42 Å². The number of hydrogen-bond donors (Lipinski definition) is 1. The Bertz CT molecular complexity index is 527. The molecule has 0 saturated carbocycles. The van der Waals surface area contributed by atoms with Crippen molar-refractivity contribution < 1.29 is 8.42 Å². The minimum Gasteiger partial charge on any atom is -0.315 e. The first-order valence-electron chi connectivity index (χ1n) is 5.96. The van der Waals surface area contributed by atoms with Crippen molar-refractivity contribution in [1.29, 1.82) is 0 Å². The predicted molar refractivity (Wildman–Crippen MR) is 77.1 cm³/mol. The Morgan fingerprint density at radius 1 is 1.44 bits per heavy atom. The van der Waals surface area contributed by atoms with E-state index >= 15 is 0 Å². The second kappa shape index (κ2) is 5.58. The second-order valence-corrected chi connectivity index (χ2v) is 9.00. The maximum atomic E-state index is 12.6. The molecule has 2 rings (SSSR count). The van der Waals surface area contributed by atoms with Crippen molar-refractivity contribution in [2.24, 2.45) is 5.73 Å². The number of sulfonamides is 1. The molecule has 1 aromatic rings. The highest BCUT2D eigenvalue weighted by Crippen LogP contribution is 2.32. The highest BCUT2D eigenvalue weighted by atomic mass is 79.9. The molecule has 2 heterocycles. The molecule has 1 fully saturated rings. The topological polar surface area (TPSA) is 63.4 Å². The van der Waals surface area contributed by atoms with Gasteiger partial charge in [-0.25, -0.2) is 8.42 Å². The van der Waals surface area contributed by atoms with Crippen LogP contribution in [0.1, 0.15) is 30.6 Å². The van der Waals surface area contributed by atoms with Gasteiger partial charge in [0.15, 0.2) is 0 Å². The van der Waals surface area contributed by atoms with Crippen LogP contribution in [0.25, 0.3) is 0 Å². The van der Waals surface area contributed by atoms with Crippen LogP contribution in [0.4, 0.5) is 0 Å². The standard InChI is InChI=1S/C11H17BrN2O2S2/c1-8-9(7-10(12)17-8)18(15,16)14-6-4-2-3-5-11(14)13/h7,11H,2-6,13H2,1H3. The van der Waals surface area contributed by atoms with Crippen molar-refractivity contribution in [3.63, 3.8) is 0 Å². The molecule has 1 atom stereocenters. The van der Waals surface area contributed by atoms with Gasteiger partial charge in [-0.1, -0.05) is 12.8 Å². The summed E-state index contributed by atoms with van der Waals surface area (Å²) in [6.07, 6.45) is 3.28. The van der Waals surface area contributed by atoms with Crippen LogP contribution in [0.15, 0.2) is 14.7 Å². The Kier molecular flexibility index (Phi) is 4.48. The van der Waals surface area contributed by atoms with Gasteiger partial charge in [0.2, 0.25) is 10.0 Å². The molecule has 0 bridgehead atoms. The quantitative estimate of drug-likeness (QED) is 0.889. The van der Waals surface area contributed by atoms with Crippen molar-refractivity contribution in [2.75, 3.05) is 6.54 Å². The lowest BCUT2D eigenvalue weighted by Gasteiger charge is -2.25. The van der Waals surface area contributed by atoms with Gasteiger partial charge in [-0.15, -0.1) is 11.3 Å². The molecule has 0 amide bonds. The molecule has 7 heteroatoms. The minimum atomic E-state index is -3.46. The van der Waals surface area contributed by atoms with Crippen LogP contribution in [-0.4, -0.2) is 25.4 Å². The number of nitrogens with zero attached hydrogens (tertiary/aromatic N) is 1. The van der Waals surface area contributed by atoms with Crippen molar-refractivity contribution in [2.45, 2.75) is 43.7 Å². The van der Waals surface area contributed by atoms with Crippen molar-refractivity contribution in [3.05, 3.63) is 14.7 Å². The lowest BCUT2D eigenvalue weighted by atomic mass is 10.2. The zero-order valence-corrected chi connectivity index (χ0v) is 13.4. The van der Waals surface area contributed by atoms with Gasteiger partial charge in [0.1, 0.15) is 0 Å². The summed E-state index contributed by atoms with van der Waals surface area (Å²) in [6, 6.07) is 1.67. The van der Waals surface area contributed by atoms with E-state index in [1.165, 1.54) is 15.6 Å². The number of thiophene rings is 1. The van der Waals surface area contributed by atoms with E-state index in [0.717, 1.165) is 34.3 Å². The lowest BCUT2D eigenvalue weighted by molar-refractivity contribution is 0.329. The van der Waals surface area contributed by atoms with Gasteiger partial charge in [-0.2, -0.15) is 4.31 Å². The summed E-state index contributed by atoms with van der Waals surface area (Å²) in [6.45, 7) is 2.35. The molecule has 1 aliphatic rings. The fourth-order valence-corrected chi connectivity index (χ4v) is 6.19. The zero-order valence-electron chi connectivity index (χ0n) is 10.2. The van der Waals surface area contributed by atoms with E-state index in [-0.39, 0.29) is 0 Å². The molecule has 18 heavy (non-hydrogen) atoms. The van der Waals surface area contributed by atoms with Crippen LogP contribution >= 0.6 is 27.3 Å². The zero-order chi connectivity index (χ0) is 13.3. The molecular weight excluding hydrogens is 336 g/mol. The second-order valence-electron chi connectivity index (χ2n) is 4.50. The summed E-state index contributed by atoms with van der Waals surface area (Å²) in [7, 11) is -3.46. The lowest BCUT2D eigenvalue weighted by Crippen LogP contribution is -2.45. The molecule has 0 aliphatic carbocycles. The fraction of sp³-hybridized carbons (Fsp3) is 0.636. The van der Waals surface area contributed by atoms with E-state index in [2.05, 4.69) is 15.9 Å². The van der Waals surface area contributed by atoms with Gasteiger partial charge in [0, 0.05) is 11.4 Å². The SMILES string of the molecule is Cc1sc(Br)cc1S(=O)(=O)N1CCCCCC1N. The monoisotopic (exact) mass is 352 g/mol. The molecule has 1 aromatic heterocycles. The van der Waals surface area contributed by atoms with E-state index in [4.69, 9.17) is 5.73 Å². The van der Waals surface area contributed by atoms with Gasteiger partial charge >= 0.3 is 0 Å². The fourth-order valence-electron chi connectivity index (χ4n) is 2.22. The number of hydrogen-bond acceptors (Lipinski definition) is 4. The number of nitrogens with two attached hydrogens (primary N) is 1. The van der Waals surface area contributed by atoms with E-state index in [1.54, 1.807) is 6.07 Å². The van der Waals surface area contributed by atoms with Crippen LogP contribution in [-0.2, 0) is 10.0 Å². The largest absolute Gasteiger partial charge is 0.315 e. The highest BCUT2D eigenvalue weighted by molar-refractivity contribution is 9.11. The van der Waals surface area contributed by atoms with Crippen molar-refractivity contribution in [1.82, 2.24) is 4.31 Å². The molecule has 1 aliphatic heterocycles. The number of rotatable bonds is 2. The summed E-state index contributed by atoms with van der Waals surface area (Å²) in [5.41, 5.74) is 6.00. The van der Waals surface area contributed by atoms with Gasteiger partial charge < -0.3 is 5.73 Å². The summed E-state index contributed by atoms with van der Waals surface area (Å²) in [5.74, 6) is 0. The molecule has 0 spiro atoms. The number of halogens is 1. The van der Waals surface area contributed by atoms with Crippen LogP contribution in [0, 0.1) is 6.92 Å². The summed E-state index contributed by atoms with van der Waals surface area (Å²) in [5, 5.41) is 0. The summed E-state index contributed by atoms with van der Waals surface area (Å²) >= 11 is 4.77. The number of aryl methyl sites for hydroxylation is 1. The first kappa shape index (κ1) is 14.5. The Labute approximate surface area is 120 Å². The Morgan fingerprint density at radius 2 is 2.17 bits per heavy atom. The van der Waals surface area contributed by atoms with Gasteiger partial charge in [0.05, 0.1) is 14.8 Å². The predicted octanol–water partition coefficient (Wildman–Crippen LogP) is 2.67. The van der Waals surface area contributed by atoms with Crippen LogP contribution < -0.4 is 5.73 Å². The van der Waals surface area contributed by atoms with E-state index in [1.807, 2.05) is 6.92 Å². The average molecular weight is 353 g/mol. The highest BCUT2D eigenvalue weighted by Gasteiger charge is 2.32. The molecule has 1 saturated heterocycles. The summed E-state index contributed by atoms with van der Waals surface area (Å²) in [4.78, 5) is 1.19. The van der Waals surface area contributed by atoms with Crippen LogP contribution in [0.5, 0.6) is 0 Å². The maximum Gasteiger partial charge on any atom is 0.245 e. The molecule has 1 unspecified atom stereocenters. The molecular formula is C11H17BrN2O2S2. The third-order valence-electron chi connectivity index (χ3n) is 3.18. The maximum absolute atomic E-state index is 12.6. The molecule has 0 radical (unpaired) electrons. The summed E-state index contributed by atoms with van der Waals surface area (Å²) < 4.78 is 27.5. The molecule has 0 aromatic carbocycles. The molecule has 2 N–H and O–H groups in total. The molecule has 102 valence electrons. The van der Waals surface area contributed by atoms with E-state index < -0.39 is 16.2 Å².